The first-order chi connectivity index (χ1) is 12.7. The summed E-state index contributed by atoms with van der Waals surface area (Å²) >= 11 is 1.19. The molecule has 0 aliphatic heterocycles. The van der Waals surface area contributed by atoms with Crippen LogP contribution in [-0.4, -0.2) is 38.4 Å². The Bertz CT molecular complexity index is 863. The number of aryl methyl sites for hydroxylation is 2. The van der Waals surface area contributed by atoms with E-state index < -0.39 is 28.7 Å². The fourth-order valence-electron chi connectivity index (χ4n) is 2.28. The first-order valence-electron chi connectivity index (χ1n) is 8.07. The quantitative estimate of drug-likeness (QED) is 0.333. The number of ether oxygens (including phenoxy) is 1. The molecule has 0 unspecified atom stereocenters. The minimum absolute atomic E-state index is 0.0211. The number of nitrogens with zero attached hydrogens (tertiary/aromatic N) is 3. The van der Waals surface area contributed by atoms with Crippen LogP contribution in [0.25, 0.3) is 0 Å². The minimum Gasteiger partial charge on any atom is -0.455 e. The van der Waals surface area contributed by atoms with E-state index in [4.69, 9.17) is 4.74 Å². The molecule has 1 aromatic carbocycles. The van der Waals surface area contributed by atoms with Crippen molar-refractivity contribution in [3.05, 3.63) is 45.8 Å². The Hall–Kier alpha value is -2.88. The third-order valence-electron chi connectivity index (χ3n) is 3.81. The summed E-state index contributed by atoms with van der Waals surface area (Å²) in [5.74, 6) is -0.997. The maximum Gasteiger partial charge on any atom is 0.319 e. The van der Waals surface area contributed by atoms with E-state index in [0.717, 1.165) is 5.69 Å². The lowest BCUT2D eigenvalue weighted by molar-refractivity contribution is -0.384. The van der Waals surface area contributed by atoms with Crippen LogP contribution < -0.4 is 5.32 Å². The highest BCUT2D eigenvalue weighted by atomic mass is 32.2. The Balaban J connectivity index is 1.85. The van der Waals surface area contributed by atoms with Crippen molar-refractivity contribution < 1.29 is 19.2 Å². The monoisotopic (exact) mass is 392 g/mol. The Morgan fingerprint density at radius 1 is 1.33 bits per heavy atom. The Labute approximate surface area is 160 Å². The molecule has 2 aromatic rings. The van der Waals surface area contributed by atoms with Gasteiger partial charge in [0.15, 0.2) is 6.61 Å². The van der Waals surface area contributed by atoms with Gasteiger partial charge >= 0.3 is 5.97 Å². The summed E-state index contributed by atoms with van der Waals surface area (Å²) in [6.45, 7) is 4.83. The molecule has 0 fully saturated rings. The Morgan fingerprint density at radius 2 is 1.96 bits per heavy atom. The van der Waals surface area contributed by atoms with Gasteiger partial charge in [0.1, 0.15) is 5.25 Å². The summed E-state index contributed by atoms with van der Waals surface area (Å²) in [4.78, 5) is 34.9. The van der Waals surface area contributed by atoms with Gasteiger partial charge in [0.25, 0.3) is 11.6 Å². The highest BCUT2D eigenvalue weighted by Crippen LogP contribution is 2.26. The maximum absolute atomic E-state index is 12.1. The molecule has 2 rings (SSSR count). The van der Waals surface area contributed by atoms with Crippen molar-refractivity contribution in [3.8, 4) is 0 Å². The number of nitro groups is 1. The molecule has 1 amide bonds. The maximum atomic E-state index is 12.1. The standard InChI is InChI=1S/C17H20N4O5S/c1-10-16(11(2)20(4)19-10)18-15(22)9-26-17(23)12(3)27-14-7-5-13(6-8-14)21(24)25/h5-8,12H,9H2,1-4H3,(H,18,22)/t12-/m0/s1. The van der Waals surface area contributed by atoms with Crippen molar-refractivity contribution >= 4 is 35.0 Å². The Kier molecular flexibility index (Phi) is 6.56. The number of aromatic nitrogens is 2. The molecule has 0 bridgehead atoms. The van der Waals surface area contributed by atoms with Crippen molar-refractivity contribution in [1.82, 2.24) is 9.78 Å². The number of non-ortho nitro benzene ring substituents is 1. The van der Waals surface area contributed by atoms with Crippen molar-refractivity contribution in [1.29, 1.82) is 0 Å². The second-order valence-electron chi connectivity index (χ2n) is 5.84. The predicted octanol–water partition coefficient (Wildman–Crippen LogP) is 2.61. The van der Waals surface area contributed by atoms with Gasteiger partial charge in [-0.3, -0.25) is 24.4 Å². The number of thioether (sulfide) groups is 1. The van der Waals surface area contributed by atoms with Crippen LogP contribution in [0.2, 0.25) is 0 Å². The van der Waals surface area contributed by atoms with Crippen LogP contribution in [-0.2, 0) is 21.4 Å². The molecule has 10 heteroatoms. The number of anilines is 1. The van der Waals surface area contributed by atoms with Gasteiger partial charge in [0, 0.05) is 24.1 Å². The molecule has 0 saturated carbocycles. The number of rotatable bonds is 7. The van der Waals surface area contributed by atoms with Crippen LogP contribution in [0.4, 0.5) is 11.4 Å². The number of benzene rings is 1. The molecule has 1 N–H and O–H groups in total. The van der Waals surface area contributed by atoms with Crippen molar-refractivity contribution in [2.24, 2.45) is 7.05 Å². The number of amides is 1. The van der Waals surface area contributed by atoms with Gasteiger partial charge in [-0.25, -0.2) is 0 Å². The number of carbonyl (C=O) groups excluding carboxylic acids is 2. The smallest absolute Gasteiger partial charge is 0.319 e. The number of hydrogen-bond acceptors (Lipinski definition) is 7. The van der Waals surface area contributed by atoms with E-state index in [-0.39, 0.29) is 5.69 Å². The fourth-order valence-corrected chi connectivity index (χ4v) is 3.15. The van der Waals surface area contributed by atoms with Gasteiger partial charge < -0.3 is 10.1 Å². The zero-order valence-electron chi connectivity index (χ0n) is 15.4. The summed E-state index contributed by atoms with van der Waals surface area (Å²) in [5.41, 5.74) is 2.06. The van der Waals surface area contributed by atoms with Gasteiger partial charge in [0.2, 0.25) is 0 Å². The second kappa shape index (κ2) is 8.67. The molecular weight excluding hydrogens is 372 g/mol. The van der Waals surface area contributed by atoms with Crippen molar-refractivity contribution in [2.75, 3.05) is 11.9 Å². The number of carbonyl (C=O) groups is 2. The van der Waals surface area contributed by atoms with Crippen LogP contribution in [0.15, 0.2) is 29.2 Å². The van der Waals surface area contributed by atoms with E-state index in [1.807, 2.05) is 6.92 Å². The second-order valence-corrected chi connectivity index (χ2v) is 7.25. The van der Waals surface area contributed by atoms with E-state index in [1.54, 1.807) is 37.7 Å². The summed E-state index contributed by atoms with van der Waals surface area (Å²) in [6, 6.07) is 5.86. The average Bonchev–Trinajstić information content (AvgIpc) is 2.86. The molecule has 0 radical (unpaired) electrons. The highest BCUT2D eigenvalue weighted by molar-refractivity contribution is 8.00. The predicted molar refractivity (Wildman–Crippen MR) is 101 cm³/mol. The third-order valence-corrected chi connectivity index (χ3v) is 4.90. The number of esters is 1. The zero-order chi connectivity index (χ0) is 20.1. The van der Waals surface area contributed by atoms with E-state index in [9.17, 15) is 19.7 Å². The Morgan fingerprint density at radius 3 is 2.48 bits per heavy atom. The normalized spacial score (nSPS) is 11.7. The number of nitrogens with one attached hydrogen (secondary N) is 1. The third kappa shape index (κ3) is 5.30. The largest absolute Gasteiger partial charge is 0.455 e. The van der Waals surface area contributed by atoms with E-state index in [0.29, 0.717) is 16.3 Å². The lowest BCUT2D eigenvalue weighted by Gasteiger charge is -2.11. The SMILES string of the molecule is Cc1nn(C)c(C)c1NC(=O)COC(=O)[C@H](C)Sc1ccc([N+](=O)[O-])cc1. The molecule has 9 nitrogen and oxygen atoms in total. The molecule has 1 aromatic heterocycles. The molecule has 0 aliphatic carbocycles. The first-order valence-corrected chi connectivity index (χ1v) is 8.94. The molecule has 0 aliphatic rings. The lowest BCUT2D eigenvalue weighted by atomic mass is 10.3. The van der Waals surface area contributed by atoms with Crippen LogP contribution >= 0.6 is 11.8 Å². The summed E-state index contributed by atoms with van der Waals surface area (Å²) in [6.07, 6.45) is 0. The van der Waals surface area contributed by atoms with Crippen LogP contribution in [0.3, 0.4) is 0 Å². The molecule has 27 heavy (non-hydrogen) atoms. The van der Waals surface area contributed by atoms with Gasteiger partial charge in [-0.15, -0.1) is 11.8 Å². The average molecular weight is 392 g/mol. The number of nitro benzene ring substituents is 1. The van der Waals surface area contributed by atoms with Crippen LogP contribution in [0.1, 0.15) is 18.3 Å². The van der Waals surface area contributed by atoms with Gasteiger partial charge in [-0.05, 0) is 32.9 Å². The summed E-state index contributed by atoms with van der Waals surface area (Å²) in [5, 5.41) is 17.0. The number of hydrogen-bond donors (Lipinski definition) is 1. The molecule has 0 saturated heterocycles. The molecule has 1 heterocycles. The van der Waals surface area contributed by atoms with Crippen LogP contribution in [0.5, 0.6) is 0 Å². The fraction of sp³-hybridized carbons (Fsp3) is 0.353. The van der Waals surface area contributed by atoms with Crippen molar-refractivity contribution in [2.45, 2.75) is 30.9 Å². The van der Waals surface area contributed by atoms with Gasteiger partial charge in [-0.2, -0.15) is 5.10 Å². The van der Waals surface area contributed by atoms with E-state index in [1.165, 1.54) is 23.9 Å². The van der Waals surface area contributed by atoms with Gasteiger partial charge in [-0.1, -0.05) is 0 Å². The summed E-state index contributed by atoms with van der Waals surface area (Å²) in [7, 11) is 1.77. The van der Waals surface area contributed by atoms with E-state index in [2.05, 4.69) is 10.4 Å². The van der Waals surface area contributed by atoms with E-state index >= 15 is 0 Å². The molecule has 1 atom stereocenters. The van der Waals surface area contributed by atoms with Gasteiger partial charge in [0.05, 0.1) is 22.0 Å². The molecular formula is C17H20N4O5S. The van der Waals surface area contributed by atoms with Crippen molar-refractivity contribution in [3.63, 3.8) is 0 Å². The summed E-state index contributed by atoms with van der Waals surface area (Å²) < 4.78 is 6.70. The molecule has 144 valence electrons. The minimum atomic E-state index is -0.568. The molecule has 0 spiro atoms. The lowest BCUT2D eigenvalue weighted by Crippen LogP contribution is -2.25. The topological polar surface area (TPSA) is 116 Å². The highest BCUT2D eigenvalue weighted by Gasteiger charge is 2.19. The van der Waals surface area contributed by atoms with Crippen LogP contribution in [0, 0.1) is 24.0 Å². The zero-order valence-corrected chi connectivity index (χ0v) is 16.2. The first kappa shape index (κ1) is 20.4.